The molecule has 1 aliphatic carbocycles. The molecule has 1 N–H and O–H groups in total. The quantitative estimate of drug-likeness (QED) is 0.938. The van der Waals surface area contributed by atoms with Crippen LogP contribution in [-0.2, 0) is 4.79 Å². The number of halogens is 1. The van der Waals surface area contributed by atoms with Crippen LogP contribution in [0.3, 0.4) is 0 Å². The third-order valence-electron chi connectivity index (χ3n) is 4.05. The molecule has 1 fully saturated rings. The Balaban J connectivity index is 2.06. The third kappa shape index (κ3) is 2.37. The Morgan fingerprint density at radius 3 is 2.64 bits per heavy atom. The molecule has 1 aliphatic rings. The Morgan fingerprint density at radius 1 is 1.41 bits per heavy atom. The normalized spacial score (nSPS) is 15.8. The highest BCUT2D eigenvalue weighted by atomic mass is 32.1. The van der Waals surface area contributed by atoms with Gasteiger partial charge in [0.2, 0.25) is 0 Å². The fourth-order valence-electron chi connectivity index (χ4n) is 2.70. The summed E-state index contributed by atoms with van der Waals surface area (Å²) in [6, 6.07) is 3.85. The van der Waals surface area contributed by atoms with Crippen molar-refractivity contribution in [3.63, 3.8) is 0 Å². The molecule has 1 amide bonds. The number of nitrogens with zero attached hydrogens (tertiary/aromatic N) is 1. The van der Waals surface area contributed by atoms with Crippen molar-refractivity contribution in [3.8, 4) is 0 Å². The molecule has 1 aromatic carbocycles. The van der Waals surface area contributed by atoms with E-state index in [0.29, 0.717) is 20.5 Å². The zero-order valence-corrected chi connectivity index (χ0v) is 13.1. The minimum atomic E-state index is -1.02. The van der Waals surface area contributed by atoms with Gasteiger partial charge in [-0.3, -0.25) is 4.79 Å². The summed E-state index contributed by atoms with van der Waals surface area (Å²) < 4.78 is 14.7. The van der Waals surface area contributed by atoms with Crippen LogP contribution in [0.1, 0.15) is 35.0 Å². The number of aryl methyl sites for hydroxylation is 1. The number of carbonyl (C=O) groups is 2. The lowest BCUT2D eigenvalue weighted by Crippen LogP contribution is -2.44. The van der Waals surface area contributed by atoms with Gasteiger partial charge in [-0.25, -0.2) is 9.18 Å². The van der Waals surface area contributed by atoms with E-state index in [1.54, 1.807) is 19.1 Å². The minimum absolute atomic E-state index is 0.0203. The van der Waals surface area contributed by atoms with Crippen molar-refractivity contribution < 1.29 is 19.1 Å². The highest BCUT2D eigenvalue weighted by molar-refractivity contribution is 7.21. The van der Waals surface area contributed by atoms with Crippen LogP contribution < -0.4 is 0 Å². The van der Waals surface area contributed by atoms with Gasteiger partial charge in [-0.1, -0.05) is 6.07 Å². The largest absolute Gasteiger partial charge is 0.480 e. The molecule has 2 aromatic rings. The van der Waals surface area contributed by atoms with Crippen molar-refractivity contribution >= 4 is 33.3 Å². The monoisotopic (exact) mass is 321 g/mol. The van der Waals surface area contributed by atoms with Crippen LogP contribution in [-0.4, -0.2) is 34.0 Å². The van der Waals surface area contributed by atoms with Gasteiger partial charge in [0.05, 0.1) is 4.88 Å². The van der Waals surface area contributed by atoms with Crippen molar-refractivity contribution in [1.82, 2.24) is 4.90 Å². The van der Waals surface area contributed by atoms with E-state index in [2.05, 4.69) is 0 Å². The molecule has 6 heteroatoms. The molecule has 0 bridgehead atoms. The van der Waals surface area contributed by atoms with Gasteiger partial charge in [-0.05, 0) is 44.4 Å². The number of rotatable bonds is 4. The van der Waals surface area contributed by atoms with Crippen molar-refractivity contribution in [1.29, 1.82) is 0 Å². The third-order valence-corrected chi connectivity index (χ3v) is 5.29. The molecule has 4 nitrogen and oxygen atoms in total. The van der Waals surface area contributed by atoms with Gasteiger partial charge in [-0.15, -0.1) is 11.3 Å². The van der Waals surface area contributed by atoms with Crippen molar-refractivity contribution in [2.75, 3.05) is 0 Å². The number of thiophene rings is 1. The predicted octanol–water partition coefficient (Wildman–Crippen LogP) is 3.43. The number of benzene rings is 1. The number of carboxylic acid groups (broad SMARTS) is 1. The first-order valence-electron chi connectivity index (χ1n) is 7.15. The summed E-state index contributed by atoms with van der Waals surface area (Å²) in [6.07, 6.45) is 1.64. The van der Waals surface area contributed by atoms with E-state index in [1.165, 1.54) is 29.2 Å². The summed E-state index contributed by atoms with van der Waals surface area (Å²) in [6.45, 7) is 3.23. The maximum absolute atomic E-state index is 14.0. The van der Waals surface area contributed by atoms with E-state index in [1.807, 2.05) is 0 Å². The number of hydrogen-bond donors (Lipinski definition) is 1. The average molecular weight is 321 g/mol. The van der Waals surface area contributed by atoms with Gasteiger partial charge in [0.15, 0.2) is 0 Å². The lowest BCUT2D eigenvalue weighted by Gasteiger charge is -2.26. The van der Waals surface area contributed by atoms with E-state index in [-0.39, 0.29) is 17.8 Å². The number of amides is 1. The Kier molecular flexibility index (Phi) is 3.64. The zero-order valence-electron chi connectivity index (χ0n) is 12.3. The standard InChI is InChI=1S/C16H16FNO3S/c1-8-13-11(17)4-3-5-12(13)22-14(8)15(19)18(10-6-7-10)9(2)16(20)21/h3-5,9-10H,6-7H2,1-2H3,(H,20,21). The van der Waals surface area contributed by atoms with Crippen molar-refractivity contribution in [2.24, 2.45) is 0 Å². The summed E-state index contributed by atoms with van der Waals surface area (Å²) in [5.74, 6) is -1.68. The Bertz CT molecular complexity index is 766. The fourth-order valence-corrected chi connectivity index (χ4v) is 3.87. The van der Waals surface area contributed by atoms with Crippen LogP contribution in [0.25, 0.3) is 10.1 Å². The topological polar surface area (TPSA) is 57.6 Å². The van der Waals surface area contributed by atoms with E-state index in [4.69, 9.17) is 0 Å². The van der Waals surface area contributed by atoms with Gasteiger partial charge in [0.1, 0.15) is 11.9 Å². The first-order valence-corrected chi connectivity index (χ1v) is 7.96. The highest BCUT2D eigenvalue weighted by Gasteiger charge is 2.39. The molecule has 116 valence electrons. The van der Waals surface area contributed by atoms with Gasteiger partial charge in [-0.2, -0.15) is 0 Å². The molecule has 0 saturated heterocycles. The number of carbonyl (C=O) groups excluding carboxylic acids is 1. The Labute approximate surface area is 131 Å². The second-order valence-corrected chi connectivity index (χ2v) is 6.68. The van der Waals surface area contributed by atoms with Crippen LogP contribution in [0, 0.1) is 12.7 Å². The second-order valence-electron chi connectivity index (χ2n) is 5.63. The molecule has 0 aliphatic heterocycles. The fraction of sp³-hybridized carbons (Fsp3) is 0.375. The highest BCUT2D eigenvalue weighted by Crippen LogP contribution is 2.36. The molecule has 1 atom stereocenters. The maximum Gasteiger partial charge on any atom is 0.326 e. The smallest absolute Gasteiger partial charge is 0.326 e. The van der Waals surface area contributed by atoms with E-state index in [0.717, 1.165) is 12.8 Å². The lowest BCUT2D eigenvalue weighted by atomic mass is 10.1. The Morgan fingerprint density at radius 2 is 2.09 bits per heavy atom. The van der Waals surface area contributed by atoms with Crippen LogP contribution in [0.5, 0.6) is 0 Å². The molecule has 1 unspecified atom stereocenters. The maximum atomic E-state index is 14.0. The SMILES string of the molecule is Cc1c(C(=O)N(C2CC2)C(C)C(=O)O)sc2cccc(F)c12. The summed E-state index contributed by atoms with van der Waals surface area (Å²) in [7, 11) is 0. The van der Waals surface area contributed by atoms with Crippen molar-refractivity contribution in [2.45, 2.75) is 38.8 Å². The van der Waals surface area contributed by atoms with Crippen LogP contribution in [0.2, 0.25) is 0 Å². The molecule has 1 saturated carbocycles. The predicted molar refractivity (Wildman–Crippen MR) is 82.8 cm³/mol. The molecular weight excluding hydrogens is 305 g/mol. The van der Waals surface area contributed by atoms with Crippen LogP contribution in [0.15, 0.2) is 18.2 Å². The first kappa shape index (κ1) is 15.0. The Hall–Kier alpha value is -1.95. The van der Waals surface area contributed by atoms with Crippen molar-refractivity contribution in [3.05, 3.63) is 34.5 Å². The van der Waals surface area contributed by atoms with Gasteiger partial charge in [0.25, 0.3) is 5.91 Å². The first-order chi connectivity index (χ1) is 10.4. The van der Waals surface area contributed by atoms with Gasteiger partial charge >= 0.3 is 5.97 Å². The minimum Gasteiger partial charge on any atom is -0.480 e. The van der Waals surface area contributed by atoms with E-state index < -0.39 is 12.0 Å². The average Bonchev–Trinajstić information content (AvgIpc) is 3.23. The lowest BCUT2D eigenvalue weighted by molar-refractivity contribution is -0.141. The summed E-state index contributed by atoms with van der Waals surface area (Å²) >= 11 is 1.22. The van der Waals surface area contributed by atoms with Gasteiger partial charge in [0, 0.05) is 16.1 Å². The molecule has 1 heterocycles. The van der Waals surface area contributed by atoms with Crippen LogP contribution in [0.4, 0.5) is 4.39 Å². The number of carboxylic acids is 1. The number of fused-ring (bicyclic) bond motifs is 1. The number of hydrogen-bond acceptors (Lipinski definition) is 3. The zero-order chi connectivity index (χ0) is 16.0. The number of aliphatic carboxylic acids is 1. The summed E-state index contributed by atoms with van der Waals surface area (Å²) in [5, 5.41) is 9.68. The molecule has 3 rings (SSSR count). The summed E-state index contributed by atoms with van der Waals surface area (Å²) in [5.41, 5.74) is 0.589. The second kappa shape index (κ2) is 5.35. The molecule has 0 spiro atoms. The van der Waals surface area contributed by atoms with E-state index >= 15 is 0 Å². The summed E-state index contributed by atoms with van der Waals surface area (Å²) in [4.78, 5) is 26.0. The van der Waals surface area contributed by atoms with Gasteiger partial charge < -0.3 is 10.0 Å². The molecule has 1 aromatic heterocycles. The molecular formula is C16H16FNO3S. The van der Waals surface area contributed by atoms with E-state index in [9.17, 15) is 19.1 Å². The molecule has 0 radical (unpaired) electrons. The van der Waals surface area contributed by atoms with Crippen LogP contribution >= 0.6 is 11.3 Å². The molecule has 22 heavy (non-hydrogen) atoms.